The van der Waals surface area contributed by atoms with E-state index in [0.717, 1.165) is 5.56 Å². The van der Waals surface area contributed by atoms with Crippen molar-refractivity contribution >= 4 is 23.6 Å². The highest BCUT2D eigenvalue weighted by Gasteiger charge is 2.25. The van der Waals surface area contributed by atoms with Gasteiger partial charge in [0, 0.05) is 12.1 Å². The third-order valence-corrected chi connectivity index (χ3v) is 4.39. The second-order valence-electron chi connectivity index (χ2n) is 6.44. The fourth-order valence-corrected chi connectivity index (χ4v) is 2.84. The van der Waals surface area contributed by atoms with Gasteiger partial charge in [-0.25, -0.2) is 9.79 Å². The van der Waals surface area contributed by atoms with Gasteiger partial charge in [0.15, 0.2) is 23.0 Å². The minimum atomic E-state index is -0.580. The molecule has 0 bridgehead atoms. The van der Waals surface area contributed by atoms with Crippen LogP contribution in [0.2, 0.25) is 0 Å². The molecule has 3 aromatic rings. The zero-order chi connectivity index (χ0) is 21.8. The van der Waals surface area contributed by atoms with Gasteiger partial charge in [0.2, 0.25) is 0 Å². The van der Waals surface area contributed by atoms with Gasteiger partial charge in [0.25, 0.3) is 11.6 Å². The highest BCUT2D eigenvalue weighted by Crippen LogP contribution is 2.30. The average Bonchev–Trinajstić information content (AvgIpc) is 3.43. The molecule has 2 aromatic carbocycles. The van der Waals surface area contributed by atoms with Crippen LogP contribution in [0.25, 0.3) is 6.08 Å². The van der Waals surface area contributed by atoms with E-state index in [4.69, 9.17) is 18.6 Å². The largest absolute Gasteiger partial charge is 0.493 e. The molecule has 1 aliphatic rings. The summed E-state index contributed by atoms with van der Waals surface area (Å²) in [5.41, 5.74) is 1.58. The topological polar surface area (TPSA) is 113 Å². The minimum Gasteiger partial charge on any atom is -0.493 e. The Hall–Kier alpha value is -4.40. The Labute approximate surface area is 176 Å². The number of aliphatic imine (C=N–C) groups is 1. The predicted octanol–water partition coefficient (Wildman–Crippen LogP) is 4.12. The summed E-state index contributed by atoms with van der Waals surface area (Å²) >= 11 is 0. The molecular weight excluding hydrogens is 404 g/mol. The van der Waals surface area contributed by atoms with Gasteiger partial charge in [-0.15, -0.1) is 0 Å². The summed E-state index contributed by atoms with van der Waals surface area (Å²) in [4.78, 5) is 26.5. The minimum absolute atomic E-state index is 0.0158. The number of carbonyl (C=O) groups excluding carboxylic acids is 1. The van der Waals surface area contributed by atoms with E-state index in [0.29, 0.717) is 22.8 Å². The number of methoxy groups -OCH3 is 1. The number of hydrogen-bond donors (Lipinski definition) is 0. The highest BCUT2D eigenvalue weighted by atomic mass is 16.6. The smallest absolute Gasteiger partial charge is 0.363 e. The van der Waals surface area contributed by atoms with Crippen molar-refractivity contribution in [2.75, 3.05) is 7.11 Å². The lowest BCUT2D eigenvalue weighted by atomic mass is 10.1. The molecule has 0 fully saturated rings. The molecular formula is C22H16N2O7. The number of esters is 1. The third-order valence-electron chi connectivity index (χ3n) is 4.39. The van der Waals surface area contributed by atoms with Crippen molar-refractivity contribution in [2.24, 2.45) is 4.99 Å². The summed E-state index contributed by atoms with van der Waals surface area (Å²) in [5.74, 6) is 0.832. The summed E-state index contributed by atoms with van der Waals surface area (Å²) in [7, 11) is 1.50. The normalized spacial score (nSPS) is 14.3. The van der Waals surface area contributed by atoms with E-state index in [1.54, 1.807) is 48.5 Å². The maximum atomic E-state index is 12.1. The number of benzene rings is 2. The zero-order valence-corrected chi connectivity index (χ0v) is 16.3. The molecule has 0 atom stereocenters. The SMILES string of the molecule is COc1cc(/C=C2\N=C(c3ccco3)OC2=O)ccc1OCc1ccc([N+](=O)[O-])cc1. The molecule has 0 N–H and O–H groups in total. The maximum absolute atomic E-state index is 12.1. The van der Waals surface area contributed by atoms with Crippen LogP contribution in [0.1, 0.15) is 16.9 Å². The van der Waals surface area contributed by atoms with Crippen LogP contribution in [0.5, 0.6) is 11.5 Å². The molecule has 0 saturated heterocycles. The predicted molar refractivity (Wildman–Crippen MR) is 110 cm³/mol. The lowest BCUT2D eigenvalue weighted by molar-refractivity contribution is -0.384. The first kappa shape index (κ1) is 19.9. The molecule has 0 amide bonds. The Morgan fingerprint density at radius 1 is 1.13 bits per heavy atom. The summed E-state index contributed by atoms with van der Waals surface area (Å²) in [6.45, 7) is 0.206. The van der Waals surface area contributed by atoms with E-state index in [1.807, 2.05) is 0 Å². The molecule has 0 unspecified atom stereocenters. The number of hydrogen-bond acceptors (Lipinski definition) is 8. The zero-order valence-electron chi connectivity index (χ0n) is 16.3. The van der Waals surface area contributed by atoms with Crippen LogP contribution in [-0.2, 0) is 16.1 Å². The molecule has 1 aliphatic heterocycles. The lowest BCUT2D eigenvalue weighted by Gasteiger charge is -2.11. The number of rotatable bonds is 7. The number of nitro groups is 1. The molecule has 0 radical (unpaired) electrons. The van der Waals surface area contributed by atoms with Gasteiger partial charge in [-0.05, 0) is 53.6 Å². The van der Waals surface area contributed by atoms with Crippen molar-refractivity contribution in [1.29, 1.82) is 0 Å². The number of ether oxygens (including phenoxy) is 3. The van der Waals surface area contributed by atoms with Gasteiger partial charge in [-0.3, -0.25) is 10.1 Å². The molecule has 0 saturated carbocycles. The summed E-state index contributed by atoms with van der Waals surface area (Å²) in [5, 5.41) is 10.7. The first-order chi connectivity index (χ1) is 15.0. The summed E-state index contributed by atoms with van der Waals surface area (Å²) < 4.78 is 21.5. The standard InChI is InChI=1S/C22H16N2O7/c1-28-20-12-15(11-17-22(25)31-21(23-17)19-3-2-10-29-19)6-9-18(20)30-13-14-4-7-16(8-5-14)24(26)27/h2-12H,13H2,1H3/b17-11-. The highest BCUT2D eigenvalue weighted by molar-refractivity contribution is 6.11. The van der Waals surface area contributed by atoms with Crippen molar-refractivity contribution in [3.05, 3.63) is 93.6 Å². The van der Waals surface area contributed by atoms with E-state index < -0.39 is 10.9 Å². The van der Waals surface area contributed by atoms with E-state index in [2.05, 4.69) is 4.99 Å². The van der Waals surface area contributed by atoms with E-state index in [9.17, 15) is 14.9 Å². The van der Waals surface area contributed by atoms with Gasteiger partial charge in [-0.1, -0.05) is 6.07 Å². The average molecular weight is 420 g/mol. The molecule has 4 rings (SSSR count). The van der Waals surface area contributed by atoms with E-state index >= 15 is 0 Å². The number of nitrogens with zero attached hydrogens (tertiary/aromatic N) is 2. The number of nitro benzene ring substituents is 1. The van der Waals surface area contributed by atoms with Crippen LogP contribution in [0.15, 0.2) is 76.0 Å². The Balaban J connectivity index is 1.49. The quantitative estimate of drug-likeness (QED) is 0.244. The Morgan fingerprint density at radius 2 is 1.94 bits per heavy atom. The first-order valence-corrected chi connectivity index (χ1v) is 9.14. The molecule has 1 aromatic heterocycles. The van der Waals surface area contributed by atoms with Gasteiger partial charge in [-0.2, -0.15) is 0 Å². The van der Waals surface area contributed by atoms with Crippen LogP contribution < -0.4 is 9.47 Å². The lowest BCUT2D eigenvalue weighted by Crippen LogP contribution is -2.04. The second-order valence-corrected chi connectivity index (χ2v) is 6.44. The van der Waals surface area contributed by atoms with E-state index in [1.165, 1.54) is 25.5 Å². The third kappa shape index (κ3) is 4.45. The molecule has 31 heavy (non-hydrogen) atoms. The summed E-state index contributed by atoms with van der Waals surface area (Å²) in [6.07, 6.45) is 3.04. The fourth-order valence-electron chi connectivity index (χ4n) is 2.84. The van der Waals surface area contributed by atoms with Gasteiger partial charge >= 0.3 is 5.97 Å². The number of carbonyl (C=O) groups is 1. The molecule has 0 spiro atoms. The van der Waals surface area contributed by atoms with Gasteiger partial charge < -0.3 is 18.6 Å². The maximum Gasteiger partial charge on any atom is 0.363 e. The Morgan fingerprint density at radius 3 is 2.61 bits per heavy atom. The van der Waals surface area contributed by atoms with Crippen molar-refractivity contribution < 1.29 is 28.3 Å². The van der Waals surface area contributed by atoms with Gasteiger partial charge in [0.05, 0.1) is 18.3 Å². The molecule has 156 valence electrons. The second kappa shape index (κ2) is 8.54. The molecule has 9 heteroatoms. The summed E-state index contributed by atoms with van der Waals surface area (Å²) in [6, 6.07) is 14.6. The molecule has 0 aliphatic carbocycles. The Kier molecular flexibility index (Phi) is 5.48. The monoisotopic (exact) mass is 420 g/mol. The van der Waals surface area contributed by atoms with Crippen molar-refractivity contribution in [2.45, 2.75) is 6.61 Å². The van der Waals surface area contributed by atoms with E-state index in [-0.39, 0.29) is 23.9 Å². The van der Waals surface area contributed by atoms with Gasteiger partial charge in [0.1, 0.15) is 6.61 Å². The fraction of sp³-hybridized carbons (Fsp3) is 0.0909. The van der Waals surface area contributed by atoms with Crippen molar-refractivity contribution in [1.82, 2.24) is 0 Å². The van der Waals surface area contributed by atoms with Crippen LogP contribution in [-0.4, -0.2) is 23.9 Å². The first-order valence-electron chi connectivity index (χ1n) is 9.14. The number of furan rings is 1. The van der Waals surface area contributed by atoms with Crippen molar-refractivity contribution in [3.63, 3.8) is 0 Å². The van der Waals surface area contributed by atoms with Crippen LogP contribution in [0.4, 0.5) is 5.69 Å². The molecule has 2 heterocycles. The number of non-ortho nitro benzene ring substituents is 1. The molecule has 9 nitrogen and oxygen atoms in total. The number of cyclic esters (lactones) is 1. The van der Waals surface area contributed by atoms with Crippen LogP contribution in [0, 0.1) is 10.1 Å². The van der Waals surface area contributed by atoms with Crippen LogP contribution >= 0.6 is 0 Å². The van der Waals surface area contributed by atoms with Crippen LogP contribution in [0.3, 0.4) is 0 Å². The Bertz CT molecular complexity index is 1180. The van der Waals surface area contributed by atoms with Crippen molar-refractivity contribution in [3.8, 4) is 11.5 Å².